The second-order valence-corrected chi connectivity index (χ2v) is 7.18. The Morgan fingerprint density at radius 3 is 2.42 bits per heavy atom. The number of carbonyl (C=O) groups is 1. The lowest BCUT2D eigenvalue weighted by Gasteiger charge is -2.13. The van der Waals surface area contributed by atoms with Gasteiger partial charge in [0.15, 0.2) is 0 Å². The minimum Gasteiger partial charge on any atom is -0.325 e. The molecule has 2 aromatic carbocycles. The van der Waals surface area contributed by atoms with Crippen LogP contribution in [-0.2, 0) is 17.9 Å². The van der Waals surface area contributed by atoms with E-state index in [1.54, 1.807) is 24.3 Å². The highest BCUT2D eigenvalue weighted by Crippen LogP contribution is 2.10. The molecule has 156 valence electrons. The number of carbonyl (C=O) groups excluding carboxylic acids is 1. The van der Waals surface area contributed by atoms with E-state index in [9.17, 15) is 18.8 Å². The van der Waals surface area contributed by atoms with E-state index >= 15 is 0 Å². The maximum absolute atomic E-state index is 13.2. The maximum atomic E-state index is 13.2. The molecule has 0 aliphatic heterocycles. The summed E-state index contributed by atoms with van der Waals surface area (Å²) in [5.41, 5.74) is 1.18. The number of anilines is 1. The van der Waals surface area contributed by atoms with Gasteiger partial charge in [0.1, 0.15) is 18.0 Å². The van der Waals surface area contributed by atoms with Crippen molar-refractivity contribution in [2.24, 2.45) is 0 Å². The highest BCUT2D eigenvalue weighted by molar-refractivity contribution is 5.91. The zero-order valence-electron chi connectivity index (χ0n) is 16.7. The van der Waals surface area contributed by atoms with Crippen molar-refractivity contribution < 1.29 is 9.18 Å². The van der Waals surface area contributed by atoms with E-state index in [0.717, 1.165) is 10.1 Å². The van der Waals surface area contributed by atoms with Crippen LogP contribution in [0.5, 0.6) is 0 Å². The Morgan fingerprint density at radius 2 is 1.71 bits per heavy atom. The van der Waals surface area contributed by atoms with Gasteiger partial charge in [-0.15, -0.1) is 0 Å². The van der Waals surface area contributed by atoms with Gasteiger partial charge in [0, 0.05) is 11.9 Å². The quantitative estimate of drug-likeness (QED) is 0.540. The third-order valence-electron chi connectivity index (χ3n) is 4.87. The van der Waals surface area contributed by atoms with Gasteiger partial charge in [-0.3, -0.25) is 18.7 Å². The molecule has 8 heteroatoms. The van der Waals surface area contributed by atoms with Crippen molar-refractivity contribution >= 4 is 22.6 Å². The Bertz CT molecular complexity index is 1370. The average molecular weight is 418 g/mol. The molecule has 0 saturated carbocycles. The van der Waals surface area contributed by atoms with E-state index in [2.05, 4.69) is 10.3 Å². The number of aryl methyl sites for hydroxylation is 1. The number of rotatable bonds is 5. The molecule has 1 amide bonds. The van der Waals surface area contributed by atoms with Crippen molar-refractivity contribution in [3.63, 3.8) is 0 Å². The maximum Gasteiger partial charge on any atom is 0.333 e. The minimum absolute atomic E-state index is 0.0532. The number of nitrogens with one attached hydrogen (secondary N) is 1. The van der Waals surface area contributed by atoms with Crippen molar-refractivity contribution in [3.8, 4) is 0 Å². The Morgan fingerprint density at radius 1 is 1.00 bits per heavy atom. The predicted octanol–water partition coefficient (Wildman–Crippen LogP) is 2.69. The second-order valence-electron chi connectivity index (χ2n) is 7.18. The molecule has 0 bridgehead atoms. The fourth-order valence-corrected chi connectivity index (χ4v) is 3.28. The number of amides is 1. The van der Waals surface area contributed by atoms with Gasteiger partial charge in [-0.05, 0) is 48.9 Å². The number of hydrogen-bond donors (Lipinski definition) is 1. The summed E-state index contributed by atoms with van der Waals surface area (Å²) >= 11 is 0. The largest absolute Gasteiger partial charge is 0.333 e. The number of aromatic nitrogens is 3. The molecule has 2 heterocycles. The van der Waals surface area contributed by atoms with Crippen molar-refractivity contribution in [1.82, 2.24) is 14.1 Å². The average Bonchev–Trinajstić information content (AvgIpc) is 2.77. The monoisotopic (exact) mass is 418 g/mol. The number of benzene rings is 2. The zero-order chi connectivity index (χ0) is 22.0. The minimum atomic E-state index is -0.667. The van der Waals surface area contributed by atoms with Crippen molar-refractivity contribution in [2.75, 3.05) is 5.32 Å². The molecule has 0 spiro atoms. The van der Waals surface area contributed by atoms with Gasteiger partial charge in [-0.1, -0.05) is 29.8 Å². The normalized spacial score (nSPS) is 10.9. The van der Waals surface area contributed by atoms with E-state index < -0.39 is 23.0 Å². The molecule has 1 N–H and O–H groups in total. The lowest BCUT2D eigenvalue weighted by atomic mass is 10.2. The molecular formula is C23H19FN4O3. The van der Waals surface area contributed by atoms with E-state index in [1.165, 1.54) is 35.0 Å². The summed E-state index contributed by atoms with van der Waals surface area (Å²) in [5, 5.41) is 2.96. The molecule has 4 aromatic rings. The Kier molecular flexibility index (Phi) is 5.44. The van der Waals surface area contributed by atoms with E-state index in [-0.39, 0.29) is 24.1 Å². The second kappa shape index (κ2) is 8.35. The van der Waals surface area contributed by atoms with E-state index in [0.29, 0.717) is 11.3 Å². The van der Waals surface area contributed by atoms with Crippen molar-refractivity contribution in [3.05, 3.63) is 105 Å². The van der Waals surface area contributed by atoms with Crippen LogP contribution in [0.15, 0.2) is 76.4 Å². The van der Waals surface area contributed by atoms with Gasteiger partial charge in [0.05, 0.1) is 11.9 Å². The number of pyridine rings is 1. The SMILES string of the molecule is Cc1ccc(NC(=O)Cn2c(=O)n(Cc3ccc(F)cc3)c(=O)c3cccnc32)cc1. The van der Waals surface area contributed by atoms with Crippen LogP contribution in [-0.4, -0.2) is 20.0 Å². The first-order valence-electron chi connectivity index (χ1n) is 9.62. The highest BCUT2D eigenvalue weighted by atomic mass is 19.1. The third-order valence-corrected chi connectivity index (χ3v) is 4.87. The van der Waals surface area contributed by atoms with E-state index in [4.69, 9.17) is 0 Å². The highest BCUT2D eigenvalue weighted by Gasteiger charge is 2.16. The molecule has 4 rings (SSSR count). The molecule has 2 aromatic heterocycles. The molecule has 7 nitrogen and oxygen atoms in total. The summed E-state index contributed by atoms with van der Waals surface area (Å²) in [6.45, 7) is 1.57. The first-order chi connectivity index (χ1) is 14.9. The summed E-state index contributed by atoms with van der Waals surface area (Å²) in [6, 6.07) is 15.9. The molecule has 0 aliphatic carbocycles. The number of hydrogen-bond acceptors (Lipinski definition) is 4. The molecule has 0 saturated heterocycles. The smallest absolute Gasteiger partial charge is 0.325 e. The van der Waals surface area contributed by atoms with Gasteiger partial charge in [0.25, 0.3) is 5.56 Å². The molecular weight excluding hydrogens is 399 g/mol. The molecule has 0 aliphatic rings. The number of nitrogens with zero attached hydrogens (tertiary/aromatic N) is 3. The standard InChI is InChI=1S/C23H19FN4O3/c1-15-4-10-18(11-5-15)26-20(29)14-27-21-19(3-2-12-25-21)22(30)28(23(27)31)13-16-6-8-17(24)9-7-16/h2-12H,13-14H2,1H3,(H,26,29). The molecule has 31 heavy (non-hydrogen) atoms. The summed E-state index contributed by atoms with van der Waals surface area (Å²) in [6.07, 6.45) is 1.46. The lowest BCUT2D eigenvalue weighted by molar-refractivity contribution is -0.116. The van der Waals surface area contributed by atoms with Gasteiger partial charge >= 0.3 is 5.69 Å². The van der Waals surface area contributed by atoms with Crippen LogP contribution in [0.2, 0.25) is 0 Å². The summed E-state index contributed by atoms with van der Waals surface area (Å²) < 4.78 is 15.4. The Hall–Kier alpha value is -4.07. The van der Waals surface area contributed by atoms with E-state index in [1.807, 2.05) is 19.1 Å². The fourth-order valence-electron chi connectivity index (χ4n) is 3.28. The topological polar surface area (TPSA) is 86.0 Å². The van der Waals surface area contributed by atoms with Gasteiger partial charge in [-0.25, -0.2) is 14.2 Å². The third kappa shape index (κ3) is 4.28. The van der Waals surface area contributed by atoms with Crippen LogP contribution >= 0.6 is 0 Å². The molecule has 0 fully saturated rings. The van der Waals surface area contributed by atoms with Crippen LogP contribution in [0, 0.1) is 12.7 Å². The zero-order valence-corrected chi connectivity index (χ0v) is 16.7. The van der Waals surface area contributed by atoms with Gasteiger partial charge in [0.2, 0.25) is 5.91 Å². The van der Waals surface area contributed by atoms with Crippen molar-refractivity contribution in [1.29, 1.82) is 0 Å². The fraction of sp³-hybridized carbons (Fsp3) is 0.130. The Balaban J connectivity index is 1.74. The summed E-state index contributed by atoms with van der Waals surface area (Å²) in [7, 11) is 0. The number of fused-ring (bicyclic) bond motifs is 1. The van der Waals surface area contributed by atoms with Gasteiger partial charge < -0.3 is 5.32 Å². The number of halogens is 1. The van der Waals surface area contributed by atoms with Crippen LogP contribution < -0.4 is 16.6 Å². The first-order valence-corrected chi connectivity index (χ1v) is 9.62. The van der Waals surface area contributed by atoms with Crippen LogP contribution in [0.3, 0.4) is 0 Å². The lowest BCUT2D eigenvalue weighted by Crippen LogP contribution is -2.42. The Labute approximate surface area is 176 Å². The summed E-state index contributed by atoms with van der Waals surface area (Å²) in [4.78, 5) is 42.8. The van der Waals surface area contributed by atoms with Gasteiger partial charge in [-0.2, -0.15) is 0 Å². The molecule has 0 atom stereocenters. The molecule has 0 radical (unpaired) electrons. The van der Waals surface area contributed by atoms with Crippen molar-refractivity contribution in [2.45, 2.75) is 20.0 Å². The van der Waals surface area contributed by atoms with Crippen LogP contribution in [0.1, 0.15) is 11.1 Å². The molecule has 0 unspecified atom stereocenters. The summed E-state index contributed by atoms with van der Waals surface area (Å²) in [5.74, 6) is -0.839. The van der Waals surface area contributed by atoms with Crippen LogP contribution in [0.25, 0.3) is 11.0 Å². The predicted molar refractivity (Wildman–Crippen MR) is 116 cm³/mol. The van der Waals surface area contributed by atoms with Crippen LogP contribution in [0.4, 0.5) is 10.1 Å². The first kappa shape index (κ1) is 20.2.